The fourth-order valence-electron chi connectivity index (χ4n) is 4.17. The van der Waals surface area contributed by atoms with Crippen LogP contribution in [0.4, 0.5) is 0 Å². The molecule has 0 N–H and O–H groups in total. The molecule has 0 bridgehead atoms. The van der Waals surface area contributed by atoms with Gasteiger partial charge in [0.1, 0.15) is 11.3 Å². The van der Waals surface area contributed by atoms with Gasteiger partial charge < -0.3 is 14.4 Å². The van der Waals surface area contributed by atoms with Crippen molar-refractivity contribution in [2.24, 2.45) is 5.92 Å². The van der Waals surface area contributed by atoms with Gasteiger partial charge in [-0.15, -0.1) is 0 Å². The number of nitrogens with zero attached hydrogens (tertiary/aromatic N) is 5. The number of rotatable bonds is 3. The van der Waals surface area contributed by atoms with E-state index in [1.54, 1.807) is 0 Å². The highest BCUT2D eigenvalue weighted by Gasteiger charge is 2.27. The van der Waals surface area contributed by atoms with E-state index in [0.29, 0.717) is 5.92 Å². The molecule has 2 aliphatic heterocycles. The van der Waals surface area contributed by atoms with Crippen LogP contribution in [0.5, 0.6) is 0 Å². The van der Waals surface area contributed by atoms with Crippen LogP contribution >= 0.6 is 0 Å². The zero-order valence-corrected chi connectivity index (χ0v) is 14.3. The van der Waals surface area contributed by atoms with Crippen LogP contribution in [0.2, 0.25) is 0 Å². The molecule has 1 atom stereocenters. The minimum absolute atomic E-state index is 0.583. The largest absolute Gasteiger partial charge is 0.312 e. The van der Waals surface area contributed by atoms with Gasteiger partial charge in [0.25, 0.3) is 0 Å². The van der Waals surface area contributed by atoms with Crippen LogP contribution < -0.4 is 0 Å². The molecule has 0 aliphatic carbocycles. The lowest BCUT2D eigenvalue weighted by atomic mass is 9.96. The van der Waals surface area contributed by atoms with E-state index in [-0.39, 0.29) is 0 Å². The molecule has 4 rings (SSSR count). The first-order valence-corrected chi connectivity index (χ1v) is 8.89. The highest BCUT2D eigenvalue weighted by molar-refractivity contribution is 5.71. The van der Waals surface area contributed by atoms with Crippen LogP contribution in [0, 0.1) is 5.92 Å². The van der Waals surface area contributed by atoms with Gasteiger partial charge in [0.2, 0.25) is 0 Å². The fraction of sp³-hybridized carbons (Fsp3) is 0.667. The van der Waals surface area contributed by atoms with Crippen molar-refractivity contribution < 1.29 is 0 Å². The molecular formula is C18H27N5. The Morgan fingerprint density at radius 2 is 1.87 bits per heavy atom. The standard InChI is InChI=1S/C18H27N5/c1-21-10-6-15(7-11-21)17-20-16-4-3-8-19-18(16)23(17)13-14-5-9-22(2)12-14/h3-4,8,14-15H,5-7,9-13H2,1-2H3. The number of imidazole rings is 1. The van der Waals surface area contributed by atoms with Gasteiger partial charge in [-0.05, 0) is 71.0 Å². The van der Waals surface area contributed by atoms with Crippen molar-refractivity contribution in [1.82, 2.24) is 24.3 Å². The minimum Gasteiger partial charge on any atom is -0.312 e. The first-order chi connectivity index (χ1) is 11.2. The molecule has 1 unspecified atom stereocenters. The van der Waals surface area contributed by atoms with E-state index in [4.69, 9.17) is 4.98 Å². The molecule has 2 aromatic rings. The van der Waals surface area contributed by atoms with Crippen molar-refractivity contribution in [2.45, 2.75) is 31.7 Å². The zero-order chi connectivity index (χ0) is 15.8. The van der Waals surface area contributed by atoms with Crippen molar-refractivity contribution in [3.63, 3.8) is 0 Å². The molecule has 0 amide bonds. The Labute approximate surface area is 138 Å². The van der Waals surface area contributed by atoms with E-state index < -0.39 is 0 Å². The van der Waals surface area contributed by atoms with Gasteiger partial charge in [-0.2, -0.15) is 0 Å². The zero-order valence-electron chi connectivity index (χ0n) is 14.3. The summed E-state index contributed by atoms with van der Waals surface area (Å²) < 4.78 is 2.44. The lowest BCUT2D eigenvalue weighted by molar-refractivity contribution is 0.247. The first-order valence-electron chi connectivity index (χ1n) is 8.89. The summed E-state index contributed by atoms with van der Waals surface area (Å²) >= 11 is 0. The minimum atomic E-state index is 0.583. The molecule has 23 heavy (non-hydrogen) atoms. The van der Waals surface area contributed by atoms with Crippen molar-refractivity contribution in [3.8, 4) is 0 Å². The Morgan fingerprint density at radius 3 is 2.61 bits per heavy atom. The predicted molar refractivity (Wildman–Crippen MR) is 92.6 cm³/mol. The summed E-state index contributed by atoms with van der Waals surface area (Å²) in [4.78, 5) is 14.5. The molecule has 2 fully saturated rings. The monoisotopic (exact) mass is 313 g/mol. The summed E-state index contributed by atoms with van der Waals surface area (Å²) in [6.45, 7) is 5.83. The van der Waals surface area contributed by atoms with E-state index in [1.165, 1.54) is 51.3 Å². The van der Waals surface area contributed by atoms with Crippen molar-refractivity contribution >= 4 is 11.2 Å². The molecule has 0 spiro atoms. The fourth-order valence-corrected chi connectivity index (χ4v) is 4.17. The smallest absolute Gasteiger partial charge is 0.160 e. The SMILES string of the molecule is CN1CCC(c2nc3cccnc3n2CC2CCN(C)C2)CC1. The summed E-state index contributed by atoms with van der Waals surface area (Å²) in [5, 5.41) is 0. The lowest BCUT2D eigenvalue weighted by Crippen LogP contribution is -2.30. The van der Waals surface area contributed by atoms with E-state index in [9.17, 15) is 0 Å². The lowest BCUT2D eigenvalue weighted by Gasteiger charge is -2.29. The Balaban J connectivity index is 1.66. The summed E-state index contributed by atoms with van der Waals surface area (Å²) in [7, 11) is 4.44. The summed E-state index contributed by atoms with van der Waals surface area (Å²) in [5.74, 6) is 2.59. The molecule has 5 nitrogen and oxygen atoms in total. The van der Waals surface area contributed by atoms with E-state index in [2.05, 4.69) is 39.5 Å². The highest BCUT2D eigenvalue weighted by Crippen LogP contribution is 2.30. The topological polar surface area (TPSA) is 37.2 Å². The normalized spacial score (nSPS) is 24.7. The Hall–Kier alpha value is -1.46. The second-order valence-electron chi connectivity index (χ2n) is 7.42. The molecule has 0 saturated carbocycles. The second-order valence-corrected chi connectivity index (χ2v) is 7.42. The molecule has 2 aliphatic rings. The maximum Gasteiger partial charge on any atom is 0.160 e. The number of hydrogen-bond donors (Lipinski definition) is 0. The molecule has 0 aromatic carbocycles. The van der Waals surface area contributed by atoms with Crippen molar-refractivity contribution in [1.29, 1.82) is 0 Å². The third-order valence-corrected chi connectivity index (χ3v) is 5.55. The number of likely N-dealkylation sites (tertiary alicyclic amines) is 2. The van der Waals surface area contributed by atoms with Crippen LogP contribution in [0.1, 0.15) is 31.0 Å². The third-order valence-electron chi connectivity index (χ3n) is 5.55. The molecule has 0 radical (unpaired) electrons. The third kappa shape index (κ3) is 3.00. The molecule has 2 aromatic heterocycles. The number of piperidine rings is 1. The van der Waals surface area contributed by atoms with Crippen LogP contribution in [0.25, 0.3) is 11.2 Å². The van der Waals surface area contributed by atoms with Gasteiger partial charge in [-0.25, -0.2) is 9.97 Å². The van der Waals surface area contributed by atoms with Gasteiger partial charge in [-0.1, -0.05) is 0 Å². The van der Waals surface area contributed by atoms with Crippen molar-refractivity contribution in [3.05, 3.63) is 24.2 Å². The Morgan fingerprint density at radius 1 is 1.09 bits per heavy atom. The average Bonchev–Trinajstić information content (AvgIpc) is 3.13. The Bertz CT molecular complexity index is 671. The van der Waals surface area contributed by atoms with Gasteiger partial charge in [0.05, 0.1) is 0 Å². The van der Waals surface area contributed by atoms with Gasteiger partial charge in [0.15, 0.2) is 5.65 Å². The average molecular weight is 313 g/mol. The predicted octanol–water partition coefficient (Wildman–Crippen LogP) is 2.19. The molecule has 4 heterocycles. The summed E-state index contributed by atoms with van der Waals surface area (Å²) in [6, 6.07) is 4.11. The number of fused-ring (bicyclic) bond motifs is 1. The molecule has 2 saturated heterocycles. The van der Waals surface area contributed by atoms with Crippen molar-refractivity contribution in [2.75, 3.05) is 40.3 Å². The maximum absolute atomic E-state index is 4.99. The number of pyridine rings is 1. The number of hydrogen-bond acceptors (Lipinski definition) is 4. The molecule has 124 valence electrons. The van der Waals surface area contributed by atoms with E-state index >= 15 is 0 Å². The second kappa shape index (κ2) is 6.21. The molecular weight excluding hydrogens is 286 g/mol. The van der Waals surface area contributed by atoms with Crippen LogP contribution in [-0.2, 0) is 6.54 Å². The van der Waals surface area contributed by atoms with E-state index in [0.717, 1.165) is 23.6 Å². The van der Waals surface area contributed by atoms with Crippen LogP contribution in [0.15, 0.2) is 18.3 Å². The highest BCUT2D eigenvalue weighted by atomic mass is 15.2. The van der Waals surface area contributed by atoms with Gasteiger partial charge >= 0.3 is 0 Å². The quantitative estimate of drug-likeness (QED) is 0.870. The maximum atomic E-state index is 4.99. The van der Waals surface area contributed by atoms with Crippen LogP contribution in [0.3, 0.4) is 0 Å². The first kappa shape index (κ1) is 15.1. The molecule has 5 heteroatoms. The van der Waals surface area contributed by atoms with Gasteiger partial charge in [-0.3, -0.25) is 0 Å². The number of aromatic nitrogens is 3. The summed E-state index contributed by atoms with van der Waals surface area (Å²) in [5.41, 5.74) is 2.14. The van der Waals surface area contributed by atoms with E-state index in [1.807, 2.05) is 12.3 Å². The Kier molecular flexibility index (Phi) is 4.07. The summed E-state index contributed by atoms with van der Waals surface area (Å²) in [6.07, 6.45) is 5.62. The van der Waals surface area contributed by atoms with Crippen LogP contribution in [-0.4, -0.2) is 64.6 Å². The van der Waals surface area contributed by atoms with Gasteiger partial charge in [0, 0.05) is 25.2 Å².